The predicted molar refractivity (Wildman–Crippen MR) is 114 cm³/mol. The molecule has 0 N–H and O–H groups in total. The van der Waals surface area contributed by atoms with Crippen molar-refractivity contribution in [3.63, 3.8) is 0 Å². The molecular weight excluding hydrogens is 348 g/mol. The molecule has 1 fully saturated rings. The molecule has 1 aromatic heterocycles. The van der Waals surface area contributed by atoms with E-state index in [0.717, 1.165) is 48.9 Å². The molecule has 0 bridgehead atoms. The minimum Gasteiger partial charge on any atom is -0.368 e. The van der Waals surface area contributed by atoms with Crippen molar-refractivity contribution >= 4 is 16.6 Å². The standard InChI is InChI=1S/C24H22N2O2/c27-23-21(22(24(23)28)25-13-7-2-8-14-25)19-16-26(15-17-9-3-1-4-10-17)20-12-6-5-11-18(19)20/h1,3-6,9-12,16H,2,7-8,13-15H2. The zero-order chi connectivity index (χ0) is 19.1. The molecule has 3 aromatic carbocycles. The molecule has 0 saturated carbocycles. The van der Waals surface area contributed by atoms with E-state index in [0.29, 0.717) is 11.3 Å². The van der Waals surface area contributed by atoms with E-state index in [1.807, 2.05) is 42.6 Å². The molecule has 0 spiro atoms. The molecule has 1 saturated heterocycles. The van der Waals surface area contributed by atoms with Gasteiger partial charge in [-0.1, -0.05) is 48.5 Å². The minimum atomic E-state index is -0.344. The molecule has 4 aromatic rings. The number of anilines is 1. The number of hydrogen-bond acceptors (Lipinski definition) is 3. The molecule has 2 heterocycles. The Bertz CT molecular complexity index is 1210. The molecular formula is C24H22N2O2. The third-order valence-electron chi connectivity index (χ3n) is 5.81. The van der Waals surface area contributed by atoms with Gasteiger partial charge in [-0.3, -0.25) is 9.59 Å². The van der Waals surface area contributed by atoms with Crippen LogP contribution < -0.4 is 15.8 Å². The van der Waals surface area contributed by atoms with Gasteiger partial charge in [-0.05, 0) is 30.9 Å². The molecule has 0 aliphatic carbocycles. The third kappa shape index (κ3) is 2.68. The summed E-state index contributed by atoms with van der Waals surface area (Å²) in [6, 6.07) is 18.4. The van der Waals surface area contributed by atoms with Crippen molar-refractivity contribution in [3.05, 3.63) is 86.8 Å². The summed E-state index contributed by atoms with van der Waals surface area (Å²) in [7, 11) is 0. The number of benzene rings is 2. The van der Waals surface area contributed by atoms with Gasteiger partial charge in [-0.25, -0.2) is 0 Å². The average molecular weight is 370 g/mol. The fraction of sp³-hybridized carbons (Fsp3) is 0.250. The Morgan fingerprint density at radius 2 is 1.50 bits per heavy atom. The van der Waals surface area contributed by atoms with Crippen molar-refractivity contribution in [2.24, 2.45) is 0 Å². The van der Waals surface area contributed by atoms with E-state index in [2.05, 4.69) is 27.7 Å². The Labute approximate surface area is 163 Å². The lowest BCUT2D eigenvalue weighted by Crippen LogP contribution is -2.44. The van der Waals surface area contributed by atoms with E-state index < -0.39 is 0 Å². The van der Waals surface area contributed by atoms with E-state index in [1.165, 1.54) is 12.0 Å². The maximum atomic E-state index is 12.6. The first kappa shape index (κ1) is 17.0. The molecule has 1 aliphatic heterocycles. The van der Waals surface area contributed by atoms with Gasteiger partial charge < -0.3 is 9.47 Å². The summed E-state index contributed by atoms with van der Waals surface area (Å²) < 4.78 is 2.18. The highest BCUT2D eigenvalue weighted by Gasteiger charge is 2.29. The number of nitrogens with zero attached hydrogens (tertiary/aromatic N) is 2. The lowest BCUT2D eigenvalue weighted by atomic mass is 9.96. The van der Waals surface area contributed by atoms with Gasteiger partial charge in [-0.2, -0.15) is 0 Å². The second-order valence-corrected chi connectivity index (χ2v) is 7.60. The van der Waals surface area contributed by atoms with E-state index in [4.69, 9.17) is 0 Å². The molecule has 0 atom stereocenters. The van der Waals surface area contributed by atoms with Crippen LogP contribution in [0, 0.1) is 0 Å². The number of aromatic nitrogens is 1. The summed E-state index contributed by atoms with van der Waals surface area (Å²) in [4.78, 5) is 27.1. The Morgan fingerprint density at radius 1 is 0.786 bits per heavy atom. The molecule has 4 heteroatoms. The van der Waals surface area contributed by atoms with Gasteiger partial charge in [0.2, 0.25) is 10.9 Å². The molecule has 140 valence electrons. The van der Waals surface area contributed by atoms with E-state index in [1.54, 1.807) is 0 Å². The Morgan fingerprint density at radius 3 is 2.29 bits per heavy atom. The van der Waals surface area contributed by atoms with Crippen molar-refractivity contribution in [3.8, 4) is 11.1 Å². The van der Waals surface area contributed by atoms with Crippen LogP contribution >= 0.6 is 0 Å². The van der Waals surface area contributed by atoms with Gasteiger partial charge in [0, 0.05) is 42.3 Å². The molecule has 5 rings (SSSR count). The highest BCUT2D eigenvalue weighted by molar-refractivity contribution is 6.00. The molecule has 0 amide bonds. The van der Waals surface area contributed by atoms with Crippen molar-refractivity contribution in [1.29, 1.82) is 0 Å². The molecule has 28 heavy (non-hydrogen) atoms. The van der Waals surface area contributed by atoms with Gasteiger partial charge in [-0.15, -0.1) is 0 Å². The van der Waals surface area contributed by atoms with Crippen LogP contribution in [0.25, 0.3) is 22.0 Å². The number of para-hydroxylation sites is 1. The molecule has 1 aliphatic rings. The topological polar surface area (TPSA) is 42.3 Å². The van der Waals surface area contributed by atoms with Crippen LogP contribution in [0.5, 0.6) is 0 Å². The fourth-order valence-corrected chi connectivity index (χ4v) is 4.41. The summed E-state index contributed by atoms with van der Waals surface area (Å²) in [5.41, 5.74) is 3.74. The summed E-state index contributed by atoms with van der Waals surface area (Å²) in [5.74, 6) is 0. The van der Waals surface area contributed by atoms with E-state index in [-0.39, 0.29) is 10.9 Å². The predicted octanol–water partition coefficient (Wildman–Crippen LogP) is 3.94. The summed E-state index contributed by atoms with van der Waals surface area (Å²) in [6.07, 6.45) is 5.39. The first-order valence-electron chi connectivity index (χ1n) is 9.94. The minimum absolute atomic E-state index is 0.322. The normalized spacial score (nSPS) is 14.8. The van der Waals surface area contributed by atoms with Gasteiger partial charge in [0.05, 0.1) is 5.56 Å². The van der Waals surface area contributed by atoms with E-state index >= 15 is 0 Å². The van der Waals surface area contributed by atoms with Crippen molar-refractivity contribution in [2.45, 2.75) is 25.8 Å². The van der Waals surface area contributed by atoms with Crippen LogP contribution in [0.1, 0.15) is 24.8 Å². The number of fused-ring (bicyclic) bond motifs is 1. The second kappa shape index (κ2) is 6.79. The number of piperidine rings is 1. The van der Waals surface area contributed by atoms with Crippen LogP contribution in [-0.4, -0.2) is 17.7 Å². The molecule has 0 radical (unpaired) electrons. The Kier molecular flexibility index (Phi) is 4.12. The fourth-order valence-electron chi connectivity index (χ4n) is 4.41. The highest BCUT2D eigenvalue weighted by atomic mass is 16.2. The van der Waals surface area contributed by atoms with Gasteiger partial charge in [0.15, 0.2) is 0 Å². The molecule has 0 unspecified atom stereocenters. The first-order chi connectivity index (χ1) is 13.7. The highest BCUT2D eigenvalue weighted by Crippen LogP contribution is 2.35. The van der Waals surface area contributed by atoms with Crippen LogP contribution in [0.4, 0.5) is 5.69 Å². The maximum absolute atomic E-state index is 12.6. The van der Waals surface area contributed by atoms with Crippen molar-refractivity contribution < 1.29 is 0 Å². The lowest BCUT2D eigenvalue weighted by Gasteiger charge is -2.30. The smallest absolute Gasteiger partial charge is 0.250 e. The summed E-state index contributed by atoms with van der Waals surface area (Å²) in [6.45, 7) is 2.46. The lowest BCUT2D eigenvalue weighted by molar-refractivity contribution is 0.576. The van der Waals surface area contributed by atoms with Crippen molar-refractivity contribution in [1.82, 2.24) is 4.57 Å². The zero-order valence-corrected chi connectivity index (χ0v) is 15.7. The van der Waals surface area contributed by atoms with Gasteiger partial charge >= 0.3 is 0 Å². The van der Waals surface area contributed by atoms with Crippen LogP contribution in [-0.2, 0) is 6.54 Å². The first-order valence-corrected chi connectivity index (χ1v) is 9.94. The molecule has 4 nitrogen and oxygen atoms in total. The van der Waals surface area contributed by atoms with Gasteiger partial charge in [0.1, 0.15) is 5.69 Å². The van der Waals surface area contributed by atoms with Crippen LogP contribution in [0.15, 0.2) is 70.4 Å². The quantitative estimate of drug-likeness (QED) is 0.511. The average Bonchev–Trinajstić information content (AvgIpc) is 3.10. The van der Waals surface area contributed by atoms with Crippen LogP contribution in [0.2, 0.25) is 0 Å². The second-order valence-electron chi connectivity index (χ2n) is 7.60. The largest absolute Gasteiger partial charge is 0.368 e. The number of rotatable bonds is 4. The van der Waals surface area contributed by atoms with Crippen LogP contribution in [0.3, 0.4) is 0 Å². The summed E-state index contributed by atoms with van der Waals surface area (Å²) in [5, 5.41) is 1.03. The van der Waals surface area contributed by atoms with Crippen molar-refractivity contribution in [2.75, 3.05) is 18.0 Å². The monoisotopic (exact) mass is 370 g/mol. The summed E-state index contributed by atoms with van der Waals surface area (Å²) >= 11 is 0. The SMILES string of the molecule is O=c1c(-c2cn(Cc3ccccc3)c3ccccc23)c(N2CCCCC2)c1=O. The third-order valence-corrected chi connectivity index (χ3v) is 5.81. The van der Waals surface area contributed by atoms with Gasteiger partial charge in [0.25, 0.3) is 0 Å². The Hall–Kier alpha value is -3.14. The zero-order valence-electron chi connectivity index (χ0n) is 15.7. The van der Waals surface area contributed by atoms with E-state index in [9.17, 15) is 9.59 Å². The Balaban J connectivity index is 1.64. The number of hydrogen-bond donors (Lipinski definition) is 0. The maximum Gasteiger partial charge on any atom is 0.250 e.